The Morgan fingerprint density at radius 3 is 2.57 bits per heavy atom. The number of amides is 1. The van der Waals surface area contributed by atoms with Gasteiger partial charge in [-0.25, -0.2) is 4.79 Å². The highest BCUT2D eigenvalue weighted by molar-refractivity contribution is 6.07. The Bertz CT molecular complexity index is 862. The number of oxazole rings is 1. The Balaban J connectivity index is 2.02. The largest absolute Gasteiger partial charge is 0.419 e. The van der Waals surface area contributed by atoms with Gasteiger partial charge in [0.2, 0.25) is 0 Å². The molecule has 2 aromatic carbocycles. The van der Waals surface area contributed by atoms with Crippen molar-refractivity contribution in [3.63, 3.8) is 0 Å². The molecule has 1 heterocycles. The molecule has 0 N–H and O–H groups in total. The first-order valence-electron chi connectivity index (χ1n) is 6.50. The Morgan fingerprint density at radius 1 is 1.14 bits per heavy atom. The predicted molar refractivity (Wildman–Crippen MR) is 80.6 cm³/mol. The van der Waals surface area contributed by atoms with Crippen LogP contribution in [0.4, 0.5) is 5.69 Å². The van der Waals surface area contributed by atoms with Crippen molar-refractivity contribution in [2.24, 2.45) is 7.05 Å². The van der Waals surface area contributed by atoms with Gasteiger partial charge in [0.25, 0.3) is 5.91 Å². The molecule has 0 spiro atoms. The monoisotopic (exact) mass is 282 g/mol. The molecular weight excluding hydrogens is 268 g/mol. The number of aromatic nitrogens is 1. The highest BCUT2D eigenvalue weighted by atomic mass is 16.4. The van der Waals surface area contributed by atoms with Gasteiger partial charge in [0.1, 0.15) is 0 Å². The van der Waals surface area contributed by atoms with Crippen molar-refractivity contribution in [3.8, 4) is 0 Å². The summed E-state index contributed by atoms with van der Waals surface area (Å²) in [6, 6.07) is 14.4. The maximum atomic E-state index is 12.5. The van der Waals surface area contributed by atoms with Gasteiger partial charge in [-0.2, -0.15) is 0 Å². The van der Waals surface area contributed by atoms with Crippen LogP contribution in [-0.4, -0.2) is 17.5 Å². The molecule has 5 nitrogen and oxygen atoms in total. The normalized spacial score (nSPS) is 10.8. The molecule has 106 valence electrons. The van der Waals surface area contributed by atoms with Crippen LogP contribution >= 0.6 is 0 Å². The number of benzene rings is 2. The maximum Gasteiger partial charge on any atom is 0.419 e. The number of para-hydroxylation sites is 1. The summed E-state index contributed by atoms with van der Waals surface area (Å²) in [5, 5.41) is 0. The molecule has 3 aromatic rings. The highest BCUT2D eigenvalue weighted by Gasteiger charge is 2.15. The van der Waals surface area contributed by atoms with Crippen molar-refractivity contribution in [1.82, 2.24) is 4.57 Å². The number of anilines is 1. The fraction of sp³-hybridized carbons (Fsp3) is 0.125. The predicted octanol–water partition coefficient (Wildman–Crippen LogP) is 2.41. The van der Waals surface area contributed by atoms with E-state index in [4.69, 9.17) is 4.42 Å². The maximum absolute atomic E-state index is 12.5. The second-order valence-corrected chi connectivity index (χ2v) is 4.81. The average Bonchev–Trinajstić information content (AvgIpc) is 2.81. The van der Waals surface area contributed by atoms with Crippen LogP contribution in [0, 0.1) is 0 Å². The zero-order valence-electron chi connectivity index (χ0n) is 11.7. The second kappa shape index (κ2) is 4.94. The van der Waals surface area contributed by atoms with Crippen LogP contribution in [-0.2, 0) is 7.05 Å². The van der Waals surface area contributed by atoms with E-state index < -0.39 is 5.76 Å². The van der Waals surface area contributed by atoms with E-state index in [1.807, 2.05) is 30.3 Å². The highest BCUT2D eigenvalue weighted by Crippen LogP contribution is 2.18. The summed E-state index contributed by atoms with van der Waals surface area (Å²) in [6.07, 6.45) is 0. The first-order chi connectivity index (χ1) is 10.1. The van der Waals surface area contributed by atoms with Crippen molar-refractivity contribution < 1.29 is 9.21 Å². The van der Waals surface area contributed by atoms with Crippen molar-refractivity contribution in [2.45, 2.75) is 0 Å². The molecule has 0 bridgehead atoms. The van der Waals surface area contributed by atoms with Crippen LogP contribution in [0.3, 0.4) is 0 Å². The van der Waals surface area contributed by atoms with E-state index >= 15 is 0 Å². The molecule has 3 rings (SSSR count). The van der Waals surface area contributed by atoms with Crippen molar-refractivity contribution in [2.75, 3.05) is 11.9 Å². The lowest BCUT2D eigenvalue weighted by molar-refractivity contribution is 0.0993. The molecular formula is C16H14N2O3. The summed E-state index contributed by atoms with van der Waals surface area (Å²) in [5.74, 6) is -0.581. The van der Waals surface area contributed by atoms with Crippen LogP contribution in [0.5, 0.6) is 0 Å². The third-order valence-corrected chi connectivity index (χ3v) is 3.49. The standard InChI is InChI=1S/C16H14N2O3/c1-17(12-6-4-3-5-7-12)15(19)11-8-9-14-13(10-11)18(2)16(20)21-14/h3-10H,1-2H3. The van der Waals surface area contributed by atoms with Gasteiger partial charge in [-0.05, 0) is 30.3 Å². The molecule has 0 aliphatic heterocycles. The summed E-state index contributed by atoms with van der Waals surface area (Å²) in [5.41, 5.74) is 2.39. The summed E-state index contributed by atoms with van der Waals surface area (Å²) in [6.45, 7) is 0. The minimum atomic E-state index is -0.439. The topological polar surface area (TPSA) is 55.5 Å². The Hall–Kier alpha value is -2.82. The first-order valence-corrected chi connectivity index (χ1v) is 6.50. The number of hydrogen-bond acceptors (Lipinski definition) is 3. The van der Waals surface area contributed by atoms with Gasteiger partial charge in [-0.1, -0.05) is 18.2 Å². The number of hydrogen-bond donors (Lipinski definition) is 0. The number of carbonyl (C=O) groups excluding carboxylic acids is 1. The van der Waals surface area contributed by atoms with Crippen LogP contribution in [0.25, 0.3) is 11.1 Å². The van der Waals surface area contributed by atoms with Crippen LogP contribution in [0.1, 0.15) is 10.4 Å². The third-order valence-electron chi connectivity index (χ3n) is 3.49. The molecule has 0 aliphatic carbocycles. The quantitative estimate of drug-likeness (QED) is 0.725. The lowest BCUT2D eigenvalue weighted by Crippen LogP contribution is -2.26. The van der Waals surface area contributed by atoms with Crippen molar-refractivity contribution >= 4 is 22.7 Å². The fourth-order valence-corrected chi connectivity index (χ4v) is 2.22. The zero-order valence-corrected chi connectivity index (χ0v) is 11.7. The van der Waals surface area contributed by atoms with Crippen molar-refractivity contribution in [3.05, 3.63) is 64.6 Å². The third kappa shape index (κ3) is 2.23. The number of carbonyl (C=O) groups is 1. The van der Waals surface area contributed by atoms with E-state index in [1.165, 1.54) is 4.57 Å². The fourth-order valence-electron chi connectivity index (χ4n) is 2.22. The molecule has 0 radical (unpaired) electrons. The van der Waals surface area contributed by atoms with Gasteiger partial charge >= 0.3 is 5.76 Å². The molecule has 0 atom stereocenters. The van der Waals surface area contributed by atoms with Crippen LogP contribution in [0.2, 0.25) is 0 Å². The molecule has 0 saturated heterocycles. The Morgan fingerprint density at radius 2 is 1.86 bits per heavy atom. The Kier molecular flexibility index (Phi) is 3.10. The van der Waals surface area contributed by atoms with Gasteiger partial charge in [-0.15, -0.1) is 0 Å². The lowest BCUT2D eigenvalue weighted by atomic mass is 10.1. The van der Waals surface area contributed by atoms with Crippen LogP contribution in [0.15, 0.2) is 57.7 Å². The van der Waals surface area contributed by atoms with E-state index in [1.54, 1.807) is 37.2 Å². The molecule has 5 heteroatoms. The van der Waals surface area contributed by atoms with Crippen LogP contribution < -0.4 is 10.7 Å². The number of aryl methyl sites for hydroxylation is 1. The van der Waals surface area contributed by atoms with Gasteiger partial charge in [0.05, 0.1) is 5.52 Å². The number of nitrogens with zero attached hydrogens (tertiary/aromatic N) is 2. The van der Waals surface area contributed by atoms with Gasteiger partial charge in [0.15, 0.2) is 5.58 Å². The van der Waals surface area contributed by atoms with Gasteiger partial charge in [-0.3, -0.25) is 9.36 Å². The molecule has 0 aliphatic rings. The molecule has 21 heavy (non-hydrogen) atoms. The van der Waals surface area contributed by atoms with E-state index in [-0.39, 0.29) is 5.91 Å². The zero-order chi connectivity index (χ0) is 15.0. The number of rotatable bonds is 2. The molecule has 1 amide bonds. The summed E-state index contributed by atoms with van der Waals surface area (Å²) in [4.78, 5) is 25.6. The first kappa shape index (κ1) is 13.2. The smallest absolute Gasteiger partial charge is 0.408 e. The molecule has 0 unspecified atom stereocenters. The minimum absolute atomic E-state index is 0.142. The molecule has 0 saturated carbocycles. The second-order valence-electron chi connectivity index (χ2n) is 4.81. The Labute approximate surface area is 121 Å². The average molecular weight is 282 g/mol. The molecule has 1 aromatic heterocycles. The SMILES string of the molecule is CN(C(=O)c1ccc2oc(=O)n(C)c2c1)c1ccccc1. The minimum Gasteiger partial charge on any atom is -0.408 e. The summed E-state index contributed by atoms with van der Waals surface area (Å²) < 4.78 is 6.44. The van der Waals surface area contributed by atoms with E-state index in [2.05, 4.69) is 0 Å². The van der Waals surface area contributed by atoms with E-state index in [0.717, 1.165) is 5.69 Å². The number of fused-ring (bicyclic) bond motifs is 1. The van der Waals surface area contributed by atoms with Gasteiger partial charge < -0.3 is 9.32 Å². The van der Waals surface area contributed by atoms with Crippen molar-refractivity contribution in [1.29, 1.82) is 0 Å². The summed E-state index contributed by atoms with van der Waals surface area (Å²) >= 11 is 0. The van der Waals surface area contributed by atoms with E-state index in [0.29, 0.717) is 16.7 Å². The molecule has 0 fully saturated rings. The van der Waals surface area contributed by atoms with E-state index in [9.17, 15) is 9.59 Å². The summed E-state index contributed by atoms with van der Waals surface area (Å²) in [7, 11) is 3.33. The van der Waals surface area contributed by atoms with Gasteiger partial charge in [0, 0.05) is 25.3 Å². The lowest BCUT2D eigenvalue weighted by Gasteiger charge is -2.17.